The molecule has 6 heteroatoms. The standard InChI is InChI=1S/C16H17N5O/c1-16(2,3)21-7-6-10-8-19-14(20-15(10)21)13(22)12-5-4-11(17)9-18-12/h4-9H,17H2,1-3H3. The lowest BCUT2D eigenvalue weighted by Crippen LogP contribution is -2.21. The number of rotatable bonds is 2. The third kappa shape index (κ3) is 2.43. The molecular weight excluding hydrogens is 278 g/mol. The van der Waals surface area contributed by atoms with Crippen LogP contribution in [-0.4, -0.2) is 25.3 Å². The summed E-state index contributed by atoms with van der Waals surface area (Å²) >= 11 is 0. The number of carbonyl (C=O) groups excluding carboxylic acids is 1. The normalized spacial score (nSPS) is 11.8. The van der Waals surface area contributed by atoms with Crippen LogP contribution in [0.25, 0.3) is 11.0 Å². The molecule has 3 aromatic rings. The Morgan fingerprint density at radius 3 is 2.55 bits per heavy atom. The van der Waals surface area contributed by atoms with Crippen molar-refractivity contribution in [2.75, 3.05) is 5.73 Å². The van der Waals surface area contributed by atoms with Gasteiger partial charge in [-0.15, -0.1) is 0 Å². The minimum absolute atomic E-state index is 0.129. The molecule has 3 rings (SSSR count). The number of nitrogens with two attached hydrogens (primary N) is 1. The van der Waals surface area contributed by atoms with Crippen LogP contribution in [0, 0.1) is 0 Å². The summed E-state index contributed by atoms with van der Waals surface area (Å²) in [6.45, 7) is 6.24. The van der Waals surface area contributed by atoms with E-state index in [2.05, 4.69) is 35.7 Å². The van der Waals surface area contributed by atoms with E-state index in [0.717, 1.165) is 11.0 Å². The Bertz CT molecular complexity index is 843. The number of pyridine rings is 1. The highest BCUT2D eigenvalue weighted by atomic mass is 16.1. The molecule has 0 aromatic carbocycles. The highest BCUT2D eigenvalue weighted by Gasteiger charge is 2.19. The Morgan fingerprint density at radius 1 is 1.14 bits per heavy atom. The second kappa shape index (κ2) is 4.91. The first-order valence-electron chi connectivity index (χ1n) is 6.97. The van der Waals surface area contributed by atoms with Gasteiger partial charge in [-0.25, -0.2) is 9.97 Å². The van der Waals surface area contributed by atoms with E-state index < -0.39 is 0 Å². The zero-order valence-corrected chi connectivity index (χ0v) is 12.7. The van der Waals surface area contributed by atoms with Crippen LogP contribution in [0.3, 0.4) is 0 Å². The van der Waals surface area contributed by atoms with Crippen LogP contribution in [0.5, 0.6) is 0 Å². The maximum absolute atomic E-state index is 12.4. The van der Waals surface area contributed by atoms with E-state index >= 15 is 0 Å². The summed E-state index contributed by atoms with van der Waals surface area (Å²) in [7, 11) is 0. The van der Waals surface area contributed by atoms with E-state index in [1.807, 2.05) is 16.8 Å². The molecule has 0 aliphatic rings. The van der Waals surface area contributed by atoms with Crippen LogP contribution in [0.1, 0.15) is 37.1 Å². The Balaban J connectivity index is 2.08. The van der Waals surface area contributed by atoms with Crippen LogP contribution >= 0.6 is 0 Å². The minimum Gasteiger partial charge on any atom is -0.397 e. The van der Waals surface area contributed by atoms with Gasteiger partial charge in [0.05, 0.1) is 11.9 Å². The molecule has 0 amide bonds. The monoisotopic (exact) mass is 295 g/mol. The minimum atomic E-state index is -0.316. The number of carbonyl (C=O) groups is 1. The lowest BCUT2D eigenvalue weighted by Gasteiger charge is -2.21. The molecular formula is C16H17N5O. The highest BCUT2D eigenvalue weighted by molar-refractivity contribution is 6.05. The van der Waals surface area contributed by atoms with E-state index in [9.17, 15) is 4.79 Å². The van der Waals surface area contributed by atoms with Gasteiger partial charge in [0, 0.05) is 23.3 Å². The van der Waals surface area contributed by atoms with Gasteiger partial charge >= 0.3 is 0 Å². The topological polar surface area (TPSA) is 86.7 Å². The maximum atomic E-state index is 12.4. The van der Waals surface area contributed by atoms with Crippen molar-refractivity contribution in [2.24, 2.45) is 0 Å². The van der Waals surface area contributed by atoms with Gasteiger partial charge in [0.1, 0.15) is 11.3 Å². The lowest BCUT2D eigenvalue weighted by molar-refractivity contribution is 0.102. The zero-order valence-electron chi connectivity index (χ0n) is 12.7. The third-order valence-electron chi connectivity index (χ3n) is 3.37. The molecule has 0 fully saturated rings. The average molecular weight is 295 g/mol. The highest BCUT2D eigenvalue weighted by Crippen LogP contribution is 2.22. The van der Waals surface area contributed by atoms with Crippen molar-refractivity contribution < 1.29 is 4.79 Å². The van der Waals surface area contributed by atoms with Gasteiger partial charge in [-0.2, -0.15) is 0 Å². The molecule has 0 unspecified atom stereocenters. The van der Waals surface area contributed by atoms with Crippen molar-refractivity contribution in [1.29, 1.82) is 0 Å². The molecule has 0 spiro atoms. The molecule has 22 heavy (non-hydrogen) atoms. The van der Waals surface area contributed by atoms with Crippen LogP contribution in [0.15, 0.2) is 36.8 Å². The van der Waals surface area contributed by atoms with Crippen LogP contribution in [0.2, 0.25) is 0 Å². The molecule has 6 nitrogen and oxygen atoms in total. The number of hydrogen-bond donors (Lipinski definition) is 1. The first-order valence-corrected chi connectivity index (χ1v) is 6.97. The number of aromatic nitrogens is 4. The molecule has 0 atom stereocenters. The summed E-state index contributed by atoms with van der Waals surface area (Å²) in [5, 5.41) is 0.900. The average Bonchev–Trinajstić information content (AvgIpc) is 2.90. The quantitative estimate of drug-likeness (QED) is 0.733. The Kier molecular flexibility index (Phi) is 3.16. The Hall–Kier alpha value is -2.76. The predicted molar refractivity (Wildman–Crippen MR) is 84.6 cm³/mol. The fourth-order valence-electron chi connectivity index (χ4n) is 2.22. The molecule has 0 radical (unpaired) electrons. The molecule has 112 valence electrons. The molecule has 3 aromatic heterocycles. The predicted octanol–water partition coefficient (Wildman–Crippen LogP) is 2.39. The summed E-state index contributed by atoms with van der Waals surface area (Å²) in [6.07, 6.45) is 5.06. The van der Waals surface area contributed by atoms with Crippen LogP contribution in [-0.2, 0) is 5.54 Å². The number of anilines is 1. The Morgan fingerprint density at radius 2 is 1.91 bits per heavy atom. The van der Waals surface area contributed by atoms with E-state index in [0.29, 0.717) is 5.69 Å². The summed E-state index contributed by atoms with van der Waals surface area (Å²) in [4.78, 5) is 25.1. The van der Waals surface area contributed by atoms with E-state index in [1.54, 1.807) is 18.3 Å². The van der Waals surface area contributed by atoms with Crippen molar-refractivity contribution in [3.63, 3.8) is 0 Å². The fourth-order valence-corrected chi connectivity index (χ4v) is 2.22. The van der Waals surface area contributed by atoms with Crippen molar-refractivity contribution in [3.05, 3.63) is 48.3 Å². The zero-order chi connectivity index (χ0) is 15.9. The summed E-state index contributed by atoms with van der Waals surface area (Å²) < 4.78 is 2.03. The molecule has 3 heterocycles. The lowest BCUT2D eigenvalue weighted by atomic mass is 10.1. The van der Waals surface area contributed by atoms with Crippen molar-refractivity contribution in [3.8, 4) is 0 Å². The summed E-state index contributed by atoms with van der Waals surface area (Å²) in [5.74, 6) is -0.183. The van der Waals surface area contributed by atoms with Gasteiger partial charge in [-0.3, -0.25) is 9.78 Å². The Labute approximate surface area is 128 Å². The molecule has 0 aliphatic carbocycles. The van der Waals surface area contributed by atoms with Gasteiger partial charge in [-0.1, -0.05) is 0 Å². The second-order valence-electron chi connectivity index (χ2n) is 6.14. The molecule has 0 saturated carbocycles. The first kappa shape index (κ1) is 14.2. The van der Waals surface area contributed by atoms with Crippen LogP contribution < -0.4 is 5.73 Å². The number of fused-ring (bicyclic) bond motifs is 1. The van der Waals surface area contributed by atoms with Gasteiger partial charge < -0.3 is 10.3 Å². The van der Waals surface area contributed by atoms with Crippen LogP contribution in [0.4, 0.5) is 5.69 Å². The molecule has 0 saturated heterocycles. The van der Waals surface area contributed by atoms with Gasteiger partial charge in [0.15, 0.2) is 0 Å². The largest absolute Gasteiger partial charge is 0.397 e. The van der Waals surface area contributed by atoms with Gasteiger partial charge in [-0.05, 0) is 39.0 Å². The summed E-state index contributed by atoms with van der Waals surface area (Å²) in [5.41, 5.74) is 6.98. The number of ketones is 1. The smallest absolute Gasteiger partial charge is 0.248 e. The first-order chi connectivity index (χ1) is 10.4. The number of nitrogens with zero attached hydrogens (tertiary/aromatic N) is 4. The second-order valence-corrected chi connectivity index (χ2v) is 6.14. The molecule has 0 bridgehead atoms. The van der Waals surface area contributed by atoms with Gasteiger partial charge in [0.25, 0.3) is 0 Å². The number of hydrogen-bond acceptors (Lipinski definition) is 5. The van der Waals surface area contributed by atoms with E-state index in [4.69, 9.17) is 5.73 Å². The number of nitrogen functional groups attached to an aromatic ring is 1. The van der Waals surface area contributed by atoms with E-state index in [-0.39, 0.29) is 22.8 Å². The third-order valence-corrected chi connectivity index (χ3v) is 3.37. The van der Waals surface area contributed by atoms with Crippen molar-refractivity contribution in [2.45, 2.75) is 26.3 Å². The molecule has 2 N–H and O–H groups in total. The van der Waals surface area contributed by atoms with Gasteiger partial charge in [0.2, 0.25) is 11.6 Å². The molecule has 0 aliphatic heterocycles. The SMILES string of the molecule is CC(C)(C)n1ccc2cnc(C(=O)c3ccc(N)cn3)nc21. The van der Waals surface area contributed by atoms with Crippen molar-refractivity contribution >= 4 is 22.5 Å². The van der Waals surface area contributed by atoms with Crippen molar-refractivity contribution in [1.82, 2.24) is 19.5 Å². The fraction of sp³-hybridized carbons (Fsp3) is 0.250. The maximum Gasteiger partial charge on any atom is 0.248 e. The van der Waals surface area contributed by atoms with E-state index in [1.165, 1.54) is 6.20 Å². The summed E-state index contributed by atoms with van der Waals surface area (Å²) in [6, 6.07) is 5.15.